The number of amides is 1. The maximum absolute atomic E-state index is 12.3. The first-order chi connectivity index (χ1) is 12.1. The molecule has 3 aromatic rings. The third kappa shape index (κ3) is 3.91. The largest absolute Gasteiger partial charge is 0.325 e. The minimum absolute atomic E-state index is 0.0540. The topological polar surface area (TPSA) is 59.8 Å². The number of nitrogens with one attached hydrogen (secondary N) is 1. The van der Waals surface area contributed by atoms with Crippen LogP contribution in [0, 0.1) is 20.8 Å². The lowest BCUT2D eigenvalue weighted by atomic mass is 10.1. The van der Waals surface area contributed by atoms with E-state index in [2.05, 4.69) is 15.5 Å². The van der Waals surface area contributed by atoms with Crippen LogP contribution in [-0.4, -0.2) is 26.4 Å². The van der Waals surface area contributed by atoms with Crippen LogP contribution in [0.2, 0.25) is 0 Å². The van der Waals surface area contributed by atoms with Crippen molar-refractivity contribution in [3.63, 3.8) is 0 Å². The Morgan fingerprint density at radius 3 is 2.44 bits per heavy atom. The zero-order valence-corrected chi connectivity index (χ0v) is 15.3. The summed E-state index contributed by atoms with van der Waals surface area (Å²) in [5.41, 5.74) is 5.14. The van der Waals surface area contributed by atoms with Crippen molar-refractivity contribution in [1.29, 1.82) is 0 Å². The van der Waals surface area contributed by atoms with Crippen LogP contribution in [0.3, 0.4) is 0 Å². The van der Waals surface area contributed by atoms with E-state index in [1.54, 1.807) is 6.33 Å². The van der Waals surface area contributed by atoms with Crippen LogP contribution in [0.4, 0.5) is 5.69 Å². The Balaban J connectivity index is 1.70. The van der Waals surface area contributed by atoms with Crippen LogP contribution in [0.5, 0.6) is 0 Å². The molecule has 5 nitrogen and oxygen atoms in total. The van der Waals surface area contributed by atoms with Crippen LogP contribution in [0.1, 0.15) is 16.7 Å². The summed E-state index contributed by atoms with van der Waals surface area (Å²) in [6, 6.07) is 14.0. The summed E-state index contributed by atoms with van der Waals surface area (Å²) in [6.07, 6.45) is 1.67. The Bertz CT molecular complexity index is 884. The van der Waals surface area contributed by atoms with E-state index in [1.165, 1.54) is 11.8 Å². The van der Waals surface area contributed by atoms with E-state index in [0.29, 0.717) is 5.16 Å². The number of nitrogens with zero attached hydrogens (tertiary/aromatic N) is 3. The van der Waals surface area contributed by atoms with E-state index >= 15 is 0 Å². The molecule has 3 rings (SSSR count). The number of rotatable bonds is 5. The Hall–Kier alpha value is -2.60. The molecule has 0 radical (unpaired) electrons. The summed E-state index contributed by atoms with van der Waals surface area (Å²) in [4.78, 5) is 12.3. The second-order valence-electron chi connectivity index (χ2n) is 5.87. The van der Waals surface area contributed by atoms with E-state index in [4.69, 9.17) is 0 Å². The van der Waals surface area contributed by atoms with Crippen molar-refractivity contribution < 1.29 is 4.79 Å². The third-order valence-electron chi connectivity index (χ3n) is 3.97. The molecule has 1 heterocycles. The fourth-order valence-corrected chi connectivity index (χ4v) is 3.36. The molecule has 0 atom stereocenters. The Morgan fingerprint density at radius 1 is 1.04 bits per heavy atom. The van der Waals surface area contributed by atoms with Crippen molar-refractivity contribution >= 4 is 23.4 Å². The lowest BCUT2D eigenvalue weighted by molar-refractivity contribution is -0.113. The zero-order valence-electron chi connectivity index (χ0n) is 14.5. The number of para-hydroxylation sites is 2. The highest BCUT2D eigenvalue weighted by Crippen LogP contribution is 2.23. The number of aryl methyl sites for hydroxylation is 3. The van der Waals surface area contributed by atoms with Crippen molar-refractivity contribution in [1.82, 2.24) is 14.8 Å². The van der Waals surface area contributed by atoms with Crippen molar-refractivity contribution in [3.8, 4) is 5.69 Å². The minimum Gasteiger partial charge on any atom is -0.325 e. The van der Waals surface area contributed by atoms with Gasteiger partial charge >= 0.3 is 0 Å². The van der Waals surface area contributed by atoms with Gasteiger partial charge in [0, 0.05) is 5.69 Å². The Labute approximate surface area is 151 Å². The monoisotopic (exact) mass is 352 g/mol. The second-order valence-corrected chi connectivity index (χ2v) is 6.82. The minimum atomic E-state index is -0.0540. The van der Waals surface area contributed by atoms with Crippen LogP contribution >= 0.6 is 11.8 Å². The normalized spacial score (nSPS) is 10.7. The molecule has 1 aromatic heterocycles. The molecule has 0 saturated heterocycles. The maximum Gasteiger partial charge on any atom is 0.234 e. The number of aromatic nitrogens is 3. The molecule has 128 valence electrons. The van der Waals surface area contributed by atoms with E-state index in [0.717, 1.165) is 28.1 Å². The van der Waals surface area contributed by atoms with Gasteiger partial charge in [0.1, 0.15) is 6.33 Å². The molecular weight excluding hydrogens is 332 g/mol. The van der Waals surface area contributed by atoms with E-state index in [9.17, 15) is 4.79 Å². The highest BCUT2D eigenvalue weighted by atomic mass is 32.2. The molecule has 0 aliphatic carbocycles. The average Bonchev–Trinajstić information content (AvgIpc) is 3.05. The highest BCUT2D eigenvalue weighted by Gasteiger charge is 2.12. The summed E-state index contributed by atoms with van der Waals surface area (Å²) < 4.78 is 1.91. The molecule has 25 heavy (non-hydrogen) atoms. The number of carbonyl (C=O) groups is 1. The molecule has 0 saturated carbocycles. The summed E-state index contributed by atoms with van der Waals surface area (Å²) >= 11 is 1.37. The first-order valence-corrected chi connectivity index (χ1v) is 8.99. The SMILES string of the molecule is Cc1ccccc1-n1cnnc1SCC(=O)Nc1c(C)cccc1C. The number of hydrogen-bond acceptors (Lipinski definition) is 4. The van der Waals surface area contributed by atoms with Gasteiger partial charge in [-0.15, -0.1) is 10.2 Å². The quantitative estimate of drug-likeness (QED) is 0.707. The number of benzene rings is 2. The Kier molecular flexibility index (Phi) is 5.19. The average molecular weight is 352 g/mol. The molecule has 0 bridgehead atoms. The fraction of sp³-hybridized carbons (Fsp3) is 0.211. The molecule has 6 heteroatoms. The van der Waals surface area contributed by atoms with E-state index < -0.39 is 0 Å². The predicted octanol–water partition coefficient (Wildman–Crippen LogP) is 3.92. The van der Waals surface area contributed by atoms with E-state index in [1.807, 2.05) is 67.8 Å². The molecule has 2 aromatic carbocycles. The maximum atomic E-state index is 12.3. The number of carbonyl (C=O) groups excluding carboxylic acids is 1. The van der Waals surface area contributed by atoms with Gasteiger partial charge < -0.3 is 5.32 Å². The van der Waals surface area contributed by atoms with Crippen LogP contribution < -0.4 is 5.32 Å². The first kappa shape index (κ1) is 17.2. The third-order valence-corrected chi connectivity index (χ3v) is 4.91. The summed E-state index contributed by atoms with van der Waals surface area (Å²) in [6.45, 7) is 6.02. The summed E-state index contributed by atoms with van der Waals surface area (Å²) in [5.74, 6) is 0.222. The molecule has 1 N–H and O–H groups in total. The van der Waals surface area contributed by atoms with Gasteiger partial charge in [0.15, 0.2) is 5.16 Å². The van der Waals surface area contributed by atoms with Gasteiger partial charge in [0.2, 0.25) is 5.91 Å². The van der Waals surface area contributed by atoms with Crippen LogP contribution in [-0.2, 0) is 4.79 Å². The van der Waals surface area contributed by atoms with Crippen molar-refractivity contribution in [2.75, 3.05) is 11.1 Å². The first-order valence-electron chi connectivity index (χ1n) is 8.01. The zero-order chi connectivity index (χ0) is 17.8. The van der Waals surface area contributed by atoms with Gasteiger partial charge in [-0.3, -0.25) is 9.36 Å². The van der Waals surface area contributed by atoms with Gasteiger partial charge in [-0.25, -0.2) is 0 Å². The smallest absolute Gasteiger partial charge is 0.234 e. The fourth-order valence-electron chi connectivity index (χ4n) is 2.64. The second kappa shape index (κ2) is 7.53. The standard InChI is InChI=1S/C19H20N4OS/c1-13-7-4-5-10-16(13)23-12-20-22-19(23)25-11-17(24)21-18-14(2)8-6-9-15(18)3/h4-10,12H,11H2,1-3H3,(H,21,24). The number of thioether (sulfide) groups is 1. The van der Waals surface area contributed by atoms with E-state index in [-0.39, 0.29) is 11.7 Å². The summed E-state index contributed by atoms with van der Waals surface area (Å²) in [5, 5.41) is 11.8. The molecule has 0 spiro atoms. The van der Waals surface area contributed by atoms with Gasteiger partial charge in [-0.1, -0.05) is 48.2 Å². The molecule has 0 unspecified atom stereocenters. The predicted molar refractivity (Wildman–Crippen MR) is 101 cm³/mol. The van der Waals surface area contributed by atoms with Crippen molar-refractivity contribution in [3.05, 3.63) is 65.5 Å². The lowest BCUT2D eigenvalue weighted by Crippen LogP contribution is -2.16. The van der Waals surface area contributed by atoms with Gasteiger partial charge in [0.25, 0.3) is 0 Å². The molecular formula is C19H20N4OS. The Morgan fingerprint density at radius 2 is 1.72 bits per heavy atom. The van der Waals surface area contributed by atoms with Crippen molar-refractivity contribution in [2.24, 2.45) is 0 Å². The van der Waals surface area contributed by atoms with Crippen LogP contribution in [0.15, 0.2) is 53.9 Å². The molecule has 0 aliphatic rings. The molecule has 0 aliphatic heterocycles. The number of hydrogen-bond donors (Lipinski definition) is 1. The molecule has 0 fully saturated rings. The van der Waals surface area contributed by atoms with Gasteiger partial charge in [-0.05, 0) is 43.5 Å². The highest BCUT2D eigenvalue weighted by molar-refractivity contribution is 7.99. The van der Waals surface area contributed by atoms with Gasteiger partial charge in [0.05, 0.1) is 11.4 Å². The summed E-state index contributed by atoms with van der Waals surface area (Å²) in [7, 11) is 0. The van der Waals surface area contributed by atoms with Crippen LogP contribution in [0.25, 0.3) is 5.69 Å². The number of anilines is 1. The van der Waals surface area contributed by atoms with Gasteiger partial charge in [-0.2, -0.15) is 0 Å². The molecule has 1 amide bonds. The lowest BCUT2D eigenvalue weighted by Gasteiger charge is -2.12. The van der Waals surface area contributed by atoms with Crippen molar-refractivity contribution in [2.45, 2.75) is 25.9 Å².